The molecule has 37 heavy (non-hydrogen) atoms. The number of methoxy groups -OCH3 is 1. The van der Waals surface area contributed by atoms with Crippen molar-refractivity contribution < 1.29 is 17.9 Å². The van der Waals surface area contributed by atoms with E-state index in [1.165, 1.54) is 38.3 Å². The van der Waals surface area contributed by atoms with Crippen molar-refractivity contribution in [2.75, 3.05) is 7.11 Å². The van der Waals surface area contributed by atoms with Gasteiger partial charge in [0.05, 0.1) is 19.2 Å². The molecule has 200 valence electrons. The van der Waals surface area contributed by atoms with Gasteiger partial charge in [-0.05, 0) is 43.9 Å². The standard InChI is InChI=1S/C27H30F3N3O3.ClH/c1-16-24(18-10-6-13-23(36-2)25(18)30)26(34)33(15-22(31)17-8-4-3-5-9-17)27(35)32(16)14-19-20(28)11-7-12-21(19)29;/h6-7,10-13,17,22H,3-5,8-9,14-15,31H2,1-2H3;1H/t22-;/m1./s1. The molecule has 1 heterocycles. The minimum atomic E-state index is -0.827. The van der Waals surface area contributed by atoms with Gasteiger partial charge in [-0.1, -0.05) is 37.5 Å². The molecule has 1 aliphatic rings. The van der Waals surface area contributed by atoms with Gasteiger partial charge in [-0.25, -0.2) is 18.0 Å². The predicted molar refractivity (Wildman–Crippen MR) is 139 cm³/mol. The highest BCUT2D eigenvalue weighted by Crippen LogP contribution is 2.30. The molecule has 0 amide bonds. The van der Waals surface area contributed by atoms with E-state index in [0.29, 0.717) is 0 Å². The molecule has 1 saturated carbocycles. The lowest BCUT2D eigenvalue weighted by Crippen LogP contribution is -2.47. The second-order valence-electron chi connectivity index (χ2n) is 9.33. The summed E-state index contributed by atoms with van der Waals surface area (Å²) in [6.45, 7) is 0.906. The van der Waals surface area contributed by atoms with Gasteiger partial charge in [-0.15, -0.1) is 12.4 Å². The molecule has 2 aromatic carbocycles. The van der Waals surface area contributed by atoms with Crippen LogP contribution in [-0.4, -0.2) is 22.3 Å². The van der Waals surface area contributed by atoms with Crippen LogP contribution in [0.15, 0.2) is 46.0 Å². The van der Waals surface area contributed by atoms with E-state index in [0.717, 1.165) is 53.4 Å². The van der Waals surface area contributed by atoms with E-state index in [2.05, 4.69) is 0 Å². The molecule has 1 aromatic heterocycles. The van der Waals surface area contributed by atoms with Crippen molar-refractivity contribution in [1.29, 1.82) is 0 Å². The zero-order valence-electron chi connectivity index (χ0n) is 20.8. The predicted octanol–water partition coefficient (Wildman–Crippen LogP) is 4.79. The number of hydrogen-bond donors (Lipinski definition) is 1. The maximum atomic E-state index is 15.3. The van der Waals surface area contributed by atoms with Crippen LogP contribution in [0.4, 0.5) is 13.2 Å². The van der Waals surface area contributed by atoms with Gasteiger partial charge in [0.25, 0.3) is 5.56 Å². The normalized spacial score (nSPS) is 14.8. The van der Waals surface area contributed by atoms with Crippen molar-refractivity contribution in [3.63, 3.8) is 0 Å². The Kier molecular flexibility index (Phi) is 9.26. The van der Waals surface area contributed by atoms with Gasteiger partial charge in [0.15, 0.2) is 11.6 Å². The highest BCUT2D eigenvalue weighted by molar-refractivity contribution is 5.85. The lowest BCUT2D eigenvalue weighted by atomic mass is 9.84. The second kappa shape index (κ2) is 12.0. The molecule has 6 nitrogen and oxygen atoms in total. The number of halogens is 4. The van der Waals surface area contributed by atoms with Crippen molar-refractivity contribution in [3.8, 4) is 16.9 Å². The Bertz CT molecular complexity index is 1360. The van der Waals surface area contributed by atoms with Gasteiger partial charge in [0.1, 0.15) is 11.6 Å². The minimum absolute atomic E-state index is 0. The maximum Gasteiger partial charge on any atom is 0.331 e. The Labute approximate surface area is 219 Å². The van der Waals surface area contributed by atoms with Gasteiger partial charge in [-0.3, -0.25) is 13.9 Å². The first-order chi connectivity index (χ1) is 17.2. The second-order valence-corrected chi connectivity index (χ2v) is 9.33. The fourth-order valence-electron chi connectivity index (χ4n) is 5.08. The van der Waals surface area contributed by atoms with E-state index < -0.39 is 41.3 Å². The molecule has 1 atom stereocenters. The highest BCUT2D eigenvalue weighted by atomic mass is 35.5. The Morgan fingerprint density at radius 2 is 1.62 bits per heavy atom. The van der Waals surface area contributed by atoms with Crippen LogP contribution in [0.5, 0.6) is 5.75 Å². The molecule has 0 unspecified atom stereocenters. The number of nitrogens with zero attached hydrogens (tertiary/aromatic N) is 2. The first-order valence-corrected chi connectivity index (χ1v) is 12.1. The van der Waals surface area contributed by atoms with Crippen LogP contribution in [0.25, 0.3) is 11.1 Å². The minimum Gasteiger partial charge on any atom is -0.494 e. The zero-order chi connectivity index (χ0) is 26.0. The van der Waals surface area contributed by atoms with Crippen molar-refractivity contribution in [1.82, 2.24) is 9.13 Å². The summed E-state index contributed by atoms with van der Waals surface area (Å²) in [5.74, 6) is -2.36. The van der Waals surface area contributed by atoms with E-state index in [4.69, 9.17) is 10.5 Å². The van der Waals surface area contributed by atoms with Gasteiger partial charge in [0.2, 0.25) is 0 Å². The highest BCUT2D eigenvalue weighted by Gasteiger charge is 2.26. The summed E-state index contributed by atoms with van der Waals surface area (Å²) < 4.78 is 51.4. The zero-order valence-corrected chi connectivity index (χ0v) is 21.6. The summed E-state index contributed by atoms with van der Waals surface area (Å²) in [6, 6.07) is 7.29. The van der Waals surface area contributed by atoms with E-state index in [1.54, 1.807) is 0 Å². The number of ether oxygens (including phenoxy) is 1. The first kappa shape index (κ1) is 28.5. The van der Waals surface area contributed by atoms with Crippen LogP contribution in [0.1, 0.15) is 43.4 Å². The molecule has 1 aliphatic carbocycles. The maximum absolute atomic E-state index is 15.3. The fraction of sp³-hybridized carbons (Fsp3) is 0.407. The van der Waals surface area contributed by atoms with E-state index in [-0.39, 0.29) is 53.0 Å². The third-order valence-electron chi connectivity index (χ3n) is 7.17. The molecule has 0 aliphatic heterocycles. The molecule has 0 radical (unpaired) electrons. The van der Waals surface area contributed by atoms with Crippen LogP contribution in [-0.2, 0) is 13.1 Å². The summed E-state index contributed by atoms with van der Waals surface area (Å²) >= 11 is 0. The first-order valence-electron chi connectivity index (χ1n) is 12.1. The molecule has 1 fully saturated rings. The van der Waals surface area contributed by atoms with Crippen LogP contribution in [0.3, 0.4) is 0 Å². The van der Waals surface area contributed by atoms with E-state index in [9.17, 15) is 18.4 Å². The van der Waals surface area contributed by atoms with Crippen molar-refractivity contribution in [2.45, 2.75) is 58.2 Å². The lowest BCUT2D eigenvalue weighted by molar-refractivity contribution is 0.280. The topological polar surface area (TPSA) is 79.2 Å². The van der Waals surface area contributed by atoms with Gasteiger partial charge < -0.3 is 10.5 Å². The monoisotopic (exact) mass is 537 g/mol. The SMILES string of the molecule is COc1cccc(-c2c(C)n(Cc3c(F)cccc3F)c(=O)n(C[C@@H](N)C3CCCCC3)c2=O)c1F.Cl. The van der Waals surface area contributed by atoms with Gasteiger partial charge in [-0.2, -0.15) is 0 Å². The van der Waals surface area contributed by atoms with Crippen LogP contribution in [0.2, 0.25) is 0 Å². The Hall–Kier alpha value is -3.04. The largest absolute Gasteiger partial charge is 0.494 e. The van der Waals surface area contributed by atoms with Crippen molar-refractivity contribution >= 4 is 12.4 Å². The Morgan fingerprint density at radius 1 is 1.00 bits per heavy atom. The molecule has 0 saturated heterocycles. The molecular formula is C27H31ClF3N3O3. The molecule has 0 bridgehead atoms. The Morgan fingerprint density at radius 3 is 2.24 bits per heavy atom. The summed E-state index contributed by atoms with van der Waals surface area (Å²) in [5.41, 5.74) is 4.59. The number of hydrogen-bond acceptors (Lipinski definition) is 4. The average molecular weight is 538 g/mol. The smallest absolute Gasteiger partial charge is 0.331 e. The van der Waals surface area contributed by atoms with Gasteiger partial charge in [0, 0.05) is 29.4 Å². The number of rotatable bonds is 7. The summed E-state index contributed by atoms with van der Waals surface area (Å²) in [7, 11) is 1.30. The van der Waals surface area contributed by atoms with E-state index >= 15 is 4.39 Å². The van der Waals surface area contributed by atoms with Crippen molar-refractivity contribution in [3.05, 3.63) is 85.9 Å². The summed E-state index contributed by atoms with van der Waals surface area (Å²) in [6.07, 6.45) is 4.96. The van der Waals surface area contributed by atoms with Crippen LogP contribution in [0, 0.1) is 30.3 Å². The lowest BCUT2D eigenvalue weighted by Gasteiger charge is -2.28. The number of nitrogens with two attached hydrogens (primary N) is 1. The molecule has 2 N–H and O–H groups in total. The molecule has 0 spiro atoms. The average Bonchev–Trinajstić information content (AvgIpc) is 2.87. The van der Waals surface area contributed by atoms with Gasteiger partial charge >= 0.3 is 5.69 Å². The quantitative estimate of drug-likeness (QED) is 0.470. The molecule has 10 heteroatoms. The number of aromatic nitrogens is 2. The number of benzene rings is 2. The van der Waals surface area contributed by atoms with Crippen LogP contribution >= 0.6 is 12.4 Å². The molecule has 3 aromatic rings. The molecular weight excluding hydrogens is 507 g/mol. The fourth-order valence-corrected chi connectivity index (χ4v) is 5.08. The third-order valence-corrected chi connectivity index (χ3v) is 7.17. The van der Waals surface area contributed by atoms with Crippen molar-refractivity contribution in [2.24, 2.45) is 11.7 Å². The Balaban J connectivity index is 0.00000380. The summed E-state index contributed by atoms with van der Waals surface area (Å²) in [4.78, 5) is 27.2. The third kappa shape index (κ3) is 5.62. The summed E-state index contributed by atoms with van der Waals surface area (Å²) in [5, 5.41) is 0. The van der Waals surface area contributed by atoms with Crippen LogP contribution < -0.4 is 21.7 Å². The van der Waals surface area contributed by atoms with E-state index in [1.807, 2.05) is 0 Å². The molecule has 4 rings (SSSR count).